The van der Waals surface area contributed by atoms with Gasteiger partial charge in [-0.15, -0.1) is 0 Å². The van der Waals surface area contributed by atoms with Crippen LogP contribution in [0.5, 0.6) is 5.75 Å². The summed E-state index contributed by atoms with van der Waals surface area (Å²) in [7, 11) is 1.61. The average Bonchev–Trinajstić information content (AvgIpc) is 3.66. The summed E-state index contributed by atoms with van der Waals surface area (Å²) >= 11 is 0. The molecule has 0 radical (unpaired) electrons. The number of nitrogens with two attached hydrogens (primary N) is 1. The van der Waals surface area contributed by atoms with Crippen molar-refractivity contribution < 1.29 is 23.9 Å². The van der Waals surface area contributed by atoms with Crippen molar-refractivity contribution in [1.82, 2.24) is 14.7 Å². The Morgan fingerprint density at radius 1 is 1.07 bits per heavy atom. The van der Waals surface area contributed by atoms with E-state index in [1.807, 2.05) is 24.3 Å². The molecule has 3 N–H and O–H groups in total. The lowest BCUT2D eigenvalue weighted by Crippen LogP contribution is -2.51. The fourth-order valence-electron chi connectivity index (χ4n) is 5.96. The molecule has 2 fully saturated rings. The molecule has 1 aliphatic heterocycles. The minimum absolute atomic E-state index is 0.0563. The van der Waals surface area contributed by atoms with Gasteiger partial charge in [0.05, 0.1) is 29.9 Å². The first-order valence-corrected chi connectivity index (χ1v) is 13.7. The van der Waals surface area contributed by atoms with Gasteiger partial charge in [0.25, 0.3) is 0 Å². The molecule has 2 atom stereocenters. The van der Waals surface area contributed by atoms with Gasteiger partial charge in [0.2, 0.25) is 11.8 Å². The molecule has 40 heavy (non-hydrogen) atoms. The molecule has 0 bridgehead atoms. The third kappa shape index (κ3) is 5.15. The van der Waals surface area contributed by atoms with E-state index >= 15 is 0 Å². The van der Waals surface area contributed by atoms with Crippen molar-refractivity contribution in [3.8, 4) is 5.75 Å². The molecule has 1 saturated heterocycles. The molecular formula is C30H37N5O5. The number of amides is 2. The first-order valence-electron chi connectivity index (χ1n) is 13.7. The van der Waals surface area contributed by atoms with Crippen molar-refractivity contribution in [2.45, 2.75) is 76.0 Å². The average molecular weight is 548 g/mol. The summed E-state index contributed by atoms with van der Waals surface area (Å²) < 4.78 is 12.0. The summed E-state index contributed by atoms with van der Waals surface area (Å²) in [5.41, 5.74) is 6.90. The first-order chi connectivity index (χ1) is 19.0. The van der Waals surface area contributed by atoms with Crippen molar-refractivity contribution in [2.75, 3.05) is 19.0 Å². The van der Waals surface area contributed by atoms with Crippen LogP contribution in [0, 0.1) is 0 Å². The van der Waals surface area contributed by atoms with Gasteiger partial charge in [-0.1, -0.05) is 31.0 Å². The number of aromatic nitrogens is 2. The van der Waals surface area contributed by atoms with Gasteiger partial charge in [-0.05, 0) is 69.9 Å². The normalized spacial score (nSPS) is 20.5. The third-order valence-electron chi connectivity index (χ3n) is 7.84. The standard InChI is InChI=1S/C30H37N5O5/c1-29(2,3)40-28(38)35-24-9-7-8-23(22(24)17-32-35)33-26(36)25-16-20(31)18-34(25)27(37)30(14-5-6-15-30)19-10-12-21(39-4)13-11-19/h7-13,17,20,25H,5-6,14-16,18,31H2,1-4H3,(H,33,36)/t20-,25-/m1/s1. The van der Waals surface area contributed by atoms with E-state index < -0.39 is 23.2 Å². The van der Waals surface area contributed by atoms with Gasteiger partial charge >= 0.3 is 6.09 Å². The van der Waals surface area contributed by atoms with Gasteiger partial charge < -0.3 is 25.4 Å². The molecule has 212 valence electrons. The van der Waals surface area contributed by atoms with Gasteiger partial charge in [0, 0.05) is 18.0 Å². The minimum Gasteiger partial charge on any atom is -0.497 e. The SMILES string of the molecule is COc1ccc(C2(C(=O)N3C[C@H](N)C[C@@H]3C(=O)Nc3cccc4c3cnn4C(=O)OC(C)(C)C)CCCC2)cc1. The number of methoxy groups -OCH3 is 1. The Morgan fingerprint density at radius 2 is 1.77 bits per heavy atom. The monoisotopic (exact) mass is 547 g/mol. The van der Waals surface area contributed by atoms with Crippen molar-refractivity contribution >= 4 is 34.5 Å². The van der Waals surface area contributed by atoms with E-state index in [-0.39, 0.29) is 17.9 Å². The number of anilines is 1. The lowest BCUT2D eigenvalue weighted by Gasteiger charge is -2.35. The molecule has 0 spiro atoms. The maximum Gasteiger partial charge on any atom is 0.435 e. The summed E-state index contributed by atoms with van der Waals surface area (Å²) in [6.45, 7) is 5.67. The minimum atomic E-state index is -0.714. The second-order valence-electron chi connectivity index (χ2n) is 11.8. The van der Waals surface area contributed by atoms with Gasteiger partial charge in [-0.3, -0.25) is 9.59 Å². The van der Waals surface area contributed by atoms with Crippen molar-refractivity contribution in [1.29, 1.82) is 0 Å². The molecule has 1 aliphatic carbocycles. The number of carbonyl (C=O) groups excluding carboxylic acids is 3. The van der Waals surface area contributed by atoms with Crippen LogP contribution < -0.4 is 15.8 Å². The van der Waals surface area contributed by atoms with Crippen LogP contribution in [0.3, 0.4) is 0 Å². The van der Waals surface area contributed by atoms with E-state index in [2.05, 4.69) is 10.4 Å². The smallest absolute Gasteiger partial charge is 0.435 e. The summed E-state index contributed by atoms with van der Waals surface area (Å²) in [5.74, 6) is 0.356. The van der Waals surface area contributed by atoms with E-state index in [1.54, 1.807) is 51.0 Å². The summed E-state index contributed by atoms with van der Waals surface area (Å²) in [4.78, 5) is 42.3. The predicted molar refractivity (Wildman–Crippen MR) is 151 cm³/mol. The molecule has 10 heteroatoms. The second-order valence-corrected chi connectivity index (χ2v) is 11.8. The Kier molecular flexibility index (Phi) is 7.31. The van der Waals surface area contributed by atoms with Crippen LogP contribution in [-0.4, -0.2) is 63.9 Å². The van der Waals surface area contributed by atoms with Gasteiger partial charge in [-0.2, -0.15) is 9.78 Å². The van der Waals surface area contributed by atoms with Crippen LogP contribution in [0.15, 0.2) is 48.7 Å². The fourth-order valence-corrected chi connectivity index (χ4v) is 5.96. The Hall–Kier alpha value is -3.92. The highest BCUT2D eigenvalue weighted by atomic mass is 16.6. The number of hydrogen-bond acceptors (Lipinski definition) is 7. The van der Waals surface area contributed by atoms with E-state index in [4.69, 9.17) is 15.2 Å². The maximum absolute atomic E-state index is 14.2. The van der Waals surface area contributed by atoms with Gasteiger partial charge in [0.1, 0.15) is 17.4 Å². The highest BCUT2D eigenvalue weighted by molar-refractivity contribution is 6.05. The number of benzene rings is 2. The van der Waals surface area contributed by atoms with Crippen molar-refractivity contribution in [3.63, 3.8) is 0 Å². The number of nitrogens with one attached hydrogen (secondary N) is 1. The number of carbonyl (C=O) groups is 3. The second kappa shape index (κ2) is 10.6. The zero-order valence-electron chi connectivity index (χ0n) is 23.5. The lowest BCUT2D eigenvalue weighted by molar-refractivity contribution is -0.141. The van der Waals surface area contributed by atoms with Gasteiger partial charge in [-0.25, -0.2) is 4.79 Å². The molecule has 2 aromatic carbocycles. The van der Waals surface area contributed by atoms with E-state index in [0.717, 1.165) is 37.0 Å². The molecule has 1 aromatic heterocycles. The van der Waals surface area contributed by atoms with Crippen molar-refractivity contribution in [2.24, 2.45) is 5.73 Å². The molecule has 3 aromatic rings. The van der Waals surface area contributed by atoms with Crippen molar-refractivity contribution in [3.05, 3.63) is 54.2 Å². The summed E-state index contributed by atoms with van der Waals surface area (Å²) in [6.07, 6.45) is 4.61. The quantitative estimate of drug-likeness (QED) is 0.490. The van der Waals surface area contributed by atoms with Crippen LogP contribution in [0.2, 0.25) is 0 Å². The highest BCUT2D eigenvalue weighted by Gasteiger charge is 2.49. The highest BCUT2D eigenvalue weighted by Crippen LogP contribution is 2.44. The maximum atomic E-state index is 14.2. The Morgan fingerprint density at radius 3 is 2.42 bits per heavy atom. The van der Waals surface area contributed by atoms with Crippen LogP contribution in [0.25, 0.3) is 10.9 Å². The zero-order valence-corrected chi connectivity index (χ0v) is 23.5. The molecule has 5 rings (SSSR count). The zero-order chi connectivity index (χ0) is 28.7. The molecule has 2 aliphatic rings. The van der Waals surface area contributed by atoms with Crippen LogP contribution >= 0.6 is 0 Å². The van der Waals surface area contributed by atoms with Crippen LogP contribution in [0.4, 0.5) is 10.5 Å². The Labute approximate surface area is 233 Å². The van der Waals surface area contributed by atoms with Crippen LogP contribution in [0.1, 0.15) is 58.4 Å². The van der Waals surface area contributed by atoms with Gasteiger partial charge in [0.15, 0.2) is 0 Å². The number of rotatable bonds is 5. The Bertz CT molecular complexity index is 1420. The largest absolute Gasteiger partial charge is 0.497 e. The number of nitrogens with zero attached hydrogens (tertiary/aromatic N) is 3. The Balaban J connectivity index is 1.40. The summed E-state index contributed by atoms with van der Waals surface area (Å²) in [5, 5.41) is 7.78. The molecule has 1 saturated carbocycles. The molecule has 10 nitrogen and oxygen atoms in total. The summed E-state index contributed by atoms with van der Waals surface area (Å²) in [6, 6.07) is 11.9. The lowest BCUT2D eigenvalue weighted by atomic mass is 9.77. The number of fused-ring (bicyclic) bond motifs is 1. The fraction of sp³-hybridized carbons (Fsp3) is 0.467. The van der Waals surface area contributed by atoms with E-state index in [0.29, 0.717) is 29.6 Å². The topological polar surface area (TPSA) is 129 Å². The number of hydrogen-bond donors (Lipinski definition) is 2. The predicted octanol–water partition coefficient (Wildman–Crippen LogP) is 4.21. The number of ether oxygens (including phenoxy) is 2. The molecule has 2 amide bonds. The van der Waals surface area contributed by atoms with E-state index in [9.17, 15) is 14.4 Å². The first kappa shape index (κ1) is 27.6. The molecule has 2 heterocycles. The molecule has 0 unspecified atom stereocenters. The number of likely N-dealkylation sites (tertiary alicyclic amines) is 1. The van der Waals surface area contributed by atoms with Crippen LogP contribution in [-0.2, 0) is 19.7 Å². The van der Waals surface area contributed by atoms with E-state index in [1.165, 1.54) is 10.9 Å². The molecular weight excluding hydrogens is 510 g/mol. The third-order valence-corrected chi connectivity index (χ3v) is 7.84.